The lowest BCUT2D eigenvalue weighted by Crippen LogP contribution is -2.01. The number of aromatic nitrogens is 5. The first-order valence-corrected chi connectivity index (χ1v) is 18.4. The molecular formula is C44H25N5S2. The van der Waals surface area contributed by atoms with Crippen LogP contribution in [0.25, 0.3) is 102 Å². The second kappa shape index (κ2) is 11.1. The van der Waals surface area contributed by atoms with Gasteiger partial charge in [-0.2, -0.15) is 0 Å². The Bertz CT molecular complexity index is 3050. The van der Waals surface area contributed by atoms with Gasteiger partial charge in [0, 0.05) is 75.0 Å². The van der Waals surface area contributed by atoms with Gasteiger partial charge in [-0.3, -0.25) is 0 Å². The Morgan fingerprint density at radius 2 is 1.04 bits per heavy atom. The predicted molar refractivity (Wildman–Crippen MR) is 214 cm³/mol. The SMILES string of the molecule is c1ccc(-c2nc(-c3ccccc3)nc(-c3cccc(-n4c5ccccc5c5c6sc7ccccc7c6c6sc7ncccc7c6c54)c3)n2)cc1. The molecule has 0 bridgehead atoms. The largest absolute Gasteiger partial charge is 0.308 e. The summed E-state index contributed by atoms with van der Waals surface area (Å²) < 4.78 is 6.33. The van der Waals surface area contributed by atoms with Crippen LogP contribution in [-0.2, 0) is 0 Å². The minimum atomic E-state index is 0.632. The maximum atomic E-state index is 5.06. The number of hydrogen-bond donors (Lipinski definition) is 0. The monoisotopic (exact) mass is 687 g/mol. The Hall–Kier alpha value is -6.28. The van der Waals surface area contributed by atoms with Crippen molar-refractivity contribution in [3.8, 4) is 39.9 Å². The highest BCUT2D eigenvalue weighted by molar-refractivity contribution is 7.30. The molecule has 11 rings (SSSR count). The number of benzene rings is 6. The van der Waals surface area contributed by atoms with Gasteiger partial charge in [0.05, 0.1) is 11.0 Å². The number of rotatable bonds is 4. The fourth-order valence-electron chi connectivity index (χ4n) is 7.49. The molecule has 11 aromatic rings. The molecule has 5 heterocycles. The van der Waals surface area contributed by atoms with Gasteiger partial charge in [-0.05, 0) is 36.4 Å². The van der Waals surface area contributed by atoms with Crippen molar-refractivity contribution >= 4 is 85.0 Å². The predicted octanol–water partition coefficient (Wildman–Crippen LogP) is 12.1. The molecule has 238 valence electrons. The summed E-state index contributed by atoms with van der Waals surface area (Å²) in [5.41, 5.74) is 6.23. The van der Waals surface area contributed by atoms with Gasteiger partial charge < -0.3 is 4.57 Å². The smallest absolute Gasteiger partial charge is 0.164 e. The lowest BCUT2D eigenvalue weighted by molar-refractivity contribution is 1.07. The van der Waals surface area contributed by atoms with Crippen LogP contribution < -0.4 is 0 Å². The van der Waals surface area contributed by atoms with E-state index in [4.69, 9.17) is 19.9 Å². The van der Waals surface area contributed by atoms with E-state index in [-0.39, 0.29) is 0 Å². The molecule has 0 aliphatic heterocycles. The van der Waals surface area contributed by atoms with E-state index >= 15 is 0 Å². The summed E-state index contributed by atoms with van der Waals surface area (Å²) in [6, 6.07) is 50.8. The molecule has 0 amide bonds. The van der Waals surface area contributed by atoms with E-state index in [1.54, 1.807) is 11.3 Å². The molecule has 0 saturated carbocycles. The third kappa shape index (κ3) is 4.32. The third-order valence-corrected chi connectivity index (χ3v) is 12.0. The molecule has 5 aromatic heterocycles. The van der Waals surface area contributed by atoms with Crippen molar-refractivity contribution in [3.05, 3.63) is 152 Å². The van der Waals surface area contributed by atoms with E-state index < -0.39 is 0 Å². The zero-order valence-electron chi connectivity index (χ0n) is 27.0. The first-order chi connectivity index (χ1) is 25.3. The minimum absolute atomic E-state index is 0.632. The Morgan fingerprint density at radius 1 is 0.451 bits per heavy atom. The summed E-state index contributed by atoms with van der Waals surface area (Å²) in [5.74, 6) is 1.92. The van der Waals surface area contributed by atoms with Crippen LogP contribution in [-0.4, -0.2) is 24.5 Å². The molecule has 0 atom stereocenters. The third-order valence-electron chi connectivity index (χ3n) is 9.69. The van der Waals surface area contributed by atoms with Crippen LogP contribution in [0.2, 0.25) is 0 Å². The Balaban J connectivity index is 1.24. The van der Waals surface area contributed by atoms with Crippen LogP contribution in [0.5, 0.6) is 0 Å². The van der Waals surface area contributed by atoms with E-state index in [1.807, 2.05) is 78.2 Å². The summed E-state index contributed by atoms with van der Waals surface area (Å²) in [6.07, 6.45) is 1.90. The van der Waals surface area contributed by atoms with Crippen molar-refractivity contribution in [3.63, 3.8) is 0 Å². The zero-order valence-corrected chi connectivity index (χ0v) is 28.6. The number of pyridine rings is 1. The Labute approximate surface area is 299 Å². The maximum Gasteiger partial charge on any atom is 0.164 e. The normalized spacial score (nSPS) is 11.9. The topological polar surface area (TPSA) is 56.5 Å². The van der Waals surface area contributed by atoms with Crippen molar-refractivity contribution in [2.45, 2.75) is 0 Å². The lowest BCUT2D eigenvalue weighted by atomic mass is 10.0. The maximum absolute atomic E-state index is 5.06. The van der Waals surface area contributed by atoms with E-state index in [0.29, 0.717) is 17.5 Å². The molecule has 6 aromatic carbocycles. The number of nitrogens with zero attached hydrogens (tertiary/aromatic N) is 5. The van der Waals surface area contributed by atoms with Crippen LogP contribution in [0.15, 0.2) is 152 Å². The summed E-state index contributed by atoms with van der Waals surface area (Å²) in [5, 5.41) is 7.56. The summed E-state index contributed by atoms with van der Waals surface area (Å²) in [6.45, 7) is 0. The summed E-state index contributed by atoms with van der Waals surface area (Å²) in [4.78, 5) is 21.0. The van der Waals surface area contributed by atoms with Crippen LogP contribution in [0, 0.1) is 0 Å². The fourth-order valence-corrected chi connectivity index (χ4v) is 10.0. The van der Waals surface area contributed by atoms with Gasteiger partial charge in [-0.15, -0.1) is 22.7 Å². The van der Waals surface area contributed by atoms with Gasteiger partial charge in [0.25, 0.3) is 0 Å². The van der Waals surface area contributed by atoms with Crippen LogP contribution in [0.4, 0.5) is 0 Å². The quantitative estimate of drug-likeness (QED) is 0.185. The van der Waals surface area contributed by atoms with Gasteiger partial charge in [-0.1, -0.05) is 109 Å². The van der Waals surface area contributed by atoms with Crippen molar-refractivity contribution in [1.29, 1.82) is 0 Å². The molecule has 0 N–H and O–H groups in total. The first kappa shape index (κ1) is 28.5. The summed E-state index contributed by atoms with van der Waals surface area (Å²) in [7, 11) is 0. The van der Waals surface area contributed by atoms with Gasteiger partial charge in [-0.25, -0.2) is 19.9 Å². The molecule has 0 saturated heterocycles. The average molecular weight is 688 g/mol. The van der Waals surface area contributed by atoms with E-state index in [1.165, 1.54) is 51.9 Å². The molecule has 0 spiro atoms. The molecule has 5 nitrogen and oxygen atoms in total. The fraction of sp³-hybridized carbons (Fsp3) is 0. The highest BCUT2D eigenvalue weighted by Crippen LogP contribution is 2.51. The second-order valence-corrected chi connectivity index (χ2v) is 14.7. The van der Waals surface area contributed by atoms with Gasteiger partial charge in [0.1, 0.15) is 4.83 Å². The van der Waals surface area contributed by atoms with E-state index in [2.05, 4.69) is 89.5 Å². The summed E-state index contributed by atoms with van der Waals surface area (Å²) >= 11 is 3.68. The van der Waals surface area contributed by atoms with Crippen molar-refractivity contribution in [1.82, 2.24) is 24.5 Å². The van der Waals surface area contributed by atoms with Crippen molar-refractivity contribution < 1.29 is 0 Å². The van der Waals surface area contributed by atoms with Crippen LogP contribution in [0.3, 0.4) is 0 Å². The highest BCUT2D eigenvalue weighted by Gasteiger charge is 2.25. The second-order valence-electron chi connectivity index (χ2n) is 12.6. The molecule has 7 heteroatoms. The lowest BCUT2D eigenvalue weighted by Gasteiger charge is -2.12. The molecule has 0 fully saturated rings. The molecule has 0 aliphatic carbocycles. The molecule has 51 heavy (non-hydrogen) atoms. The molecular weight excluding hydrogens is 663 g/mol. The van der Waals surface area contributed by atoms with Crippen molar-refractivity contribution in [2.24, 2.45) is 0 Å². The van der Waals surface area contributed by atoms with Gasteiger partial charge in [0.2, 0.25) is 0 Å². The number of thiophene rings is 2. The standard InChI is InChI=1S/C44H25N5S2/c1-3-13-26(14-4-1)41-46-42(27-15-5-2-6-16-27)48-43(47-41)28-17-11-18-29(25-28)49-33-22-9-7-19-30(33)35-38(49)36-32-21-12-24-45-44(32)51-40(36)37-31-20-8-10-23-34(31)50-39(35)37/h1-25H. The van der Waals surface area contributed by atoms with E-state index in [9.17, 15) is 0 Å². The molecule has 0 unspecified atom stereocenters. The molecule has 0 radical (unpaired) electrons. The van der Waals surface area contributed by atoms with Gasteiger partial charge >= 0.3 is 0 Å². The first-order valence-electron chi connectivity index (χ1n) is 16.8. The molecule has 0 aliphatic rings. The number of fused-ring (bicyclic) bond motifs is 12. The van der Waals surface area contributed by atoms with E-state index in [0.717, 1.165) is 32.7 Å². The van der Waals surface area contributed by atoms with Crippen LogP contribution in [0.1, 0.15) is 0 Å². The Kier molecular flexibility index (Phi) is 6.22. The highest BCUT2D eigenvalue weighted by atomic mass is 32.1. The van der Waals surface area contributed by atoms with Gasteiger partial charge in [0.15, 0.2) is 17.5 Å². The number of para-hydroxylation sites is 1. The Morgan fingerprint density at radius 3 is 1.80 bits per heavy atom. The van der Waals surface area contributed by atoms with Crippen LogP contribution >= 0.6 is 22.7 Å². The zero-order chi connectivity index (χ0) is 33.5. The minimum Gasteiger partial charge on any atom is -0.308 e. The van der Waals surface area contributed by atoms with Crippen molar-refractivity contribution in [2.75, 3.05) is 0 Å². The number of hydrogen-bond acceptors (Lipinski definition) is 6. The average Bonchev–Trinajstić information content (AvgIpc) is 3.88.